The van der Waals surface area contributed by atoms with E-state index >= 15 is 0 Å². The minimum Gasteiger partial charge on any atom is -0.360 e. The molecule has 2 aromatic carbocycles. The van der Waals surface area contributed by atoms with E-state index in [1.165, 1.54) is 17.0 Å². The van der Waals surface area contributed by atoms with Gasteiger partial charge >= 0.3 is 0 Å². The summed E-state index contributed by atoms with van der Waals surface area (Å²) < 4.78 is 13.0. The molecule has 1 aliphatic rings. The molecule has 3 rings (SSSR count). The van der Waals surface area contributed by atoms with Crippen LogP contribution in [0.3, 0.4) is 0 Å². The smallest absolute Gasteiger partial charge is 0.279 e. The molecule has 0 saturated carbocycles. The summed E-state index contributed by atoms with van der Waals surface area (Å²) in [5.41, 5.74) is 2.13. The van der Waals surface area contributed by atoms with Crippen molar-refractivity contribution in [1.82, 2.24) is 5.32 Å². The van der Waals surface area contributed by atoms with Gasteiger partial charge in [0.2, 0.25) is 0 Å². The average molecular weight is 371 g/mol. The third kappa shape index (κ3) is 5.04. The molecule has 0 bridgehead atoms. The maximum absolute atomic E-state index is 13.0. The standard InChI is InChI=1S/C20H23FN4O2/c1-22-20(27)15-3-2-4-17(13-15)23-19(26)14-24-9-11-25(12-10-24)18-7-5-16(21)6-8-18/h2-8,13H,9-12,14H2,1H3,(H,22,27)(H,23,26)/p+1. The Bertz CT molecular complexity index is 802. The van der Waals surface area contributed by atoms with Crippen molar-refractivity contribution < 1.29 is 18.9 Å². The van der Waals surface area contributed by atoms with Crippen molar-refractivity contribution in [3.63, 3.8) is 0 Å². The summed E-state index contributed by atoms with van der Waals surface area (Å²) in [5.74, 6) is -0.497. The van der Waals surface area contributed by atoms with Crippen LogP contribution in [0.15, 0.2) is 48.5 Å². The van der Waals surface area contributed by atoms with Crippen molar-refractivity contribution in [3.8, 4) is 0 Å². The van der Waals surface area contributed by atoms with Crippen molar-refractivity contribution in [3.05, 3.63) is 59.9 Å². The number of anilines is 2. The lowest BCUT2D eigenvalue weighted by molar-refractivity contribution is -0.892. The van der Waals surface area contributed by atoms with Crippen LogP contribution in [-0.4, -0.2) is 51.6 Å². The molecule has 0 radical (unpaired) electrons. The predicted molar refractivity (Wildman–Crippen MR) is 103 cm³/mol. The molecule has 2 amide bonds. The summed E-state index contributed by atoms with van der Waals surface area (Å²) >= 11 is 0. The van der Waals surface area contributed by atoms with Crippen LogP contribution in [0.5, 0.6) is 0 Å². The van der Waals surface area contributed by atoms with Gasteiger partial charge in [0, 0.05) is 24.0 Å². The van der Waals surface area contributed by atoms with Gasteiger partial charge in [0.25, 0.3) is 11.8 Å². The largest absolute Gasteiger partial charge is 0.360 e. The van der Waals surface area contributed by atoms with E-state index in [-0.39, 0.29) is 17.6 Å². The van der Waals surface area contributed by atoms with Gasteiger partial charge in [0.15, 0.2) is 6.54 Å². The van der Waals surface area contributed by atoms with Crippen molar-refractivity contribution in [2.75, 3.05) is 50.0 Å². The first kappa shape index (κ1) is 18.8. The molecule has 0 atom stereocenters. The topological polar surface area (TPSA) is 65.9 Å². The van der Waals surface area contributed by atoms with Gasteiger partial charge in [-0.3, -0.25) is 9.59 Å². The second-order valence-electron chi connectivity index (χ2n) is 6.60. The van der Waals surface area contributed by atoms with Gasteiger partial charge in [0.05, 0.1) is 26.2 Å². The lowest BCUT2D eigenvalue weighted by Gasteiger charge is -2.33. The highest BCUT2D eigenvalue weighted by atomic mass is 19.1. The van der Waals surface area contributed by atoms with Crippen LogP contribution in [0.4, 0.5) is 15.8 Å². The zero-order valence-corrected chi connectivity index (χ0v) is 15.3. The van der Waals surface area contributed by atoms with E-state index in [1.54, 1.807) is 43.4 Å². The van der Waals surface area contributed by atoms with Gasteiger partial charge in [-0.2, -0.15) is 0 Å². The number of carbonyl (C=O) groups excluding carboxylic acids is 2. The van der Waals surface area contributed by atoms with Crippen molar-refractivity contribution >= 4 is 23.2 Å². The fourth-order valence-corrected chi connectivity index (χ4v) is 3.22. The Kier molecular flexibility index (Phi) is 6.03. The Labute approximate surface area is 158 Å². The van der Waals surface area contributed by atoms with E-state index in [1.807, 2.05) is 0 Å². The highest BCUT2D eigenvalue weighted by molar-refractivity contribution is 5.97. The lowest BCUT2D eigenvalue weighted by atomic mass is 10.2. The Morgan fingerprint density at radius 1 is 1.11 bits per heavy atom. The second-order valence-corrected chi connectivity index (χ2v) is 6.60. The third-order valence-electron chi connectivity index (χ3n) is 4.71. The normalized spacial score (nSPS) is 14.7. The number of benzene rings is 2. The van der Waals surface area contributed by atoms with Gasteiger partial charge in [-0.05, 0) is 42.5 Å². The van der Waals surface area contributed by atoms with Crippen LogP contribution < -0.4 is 20.4 Å². The van der Waals surface area contributed by atoms with Crippen LogP contribution in [0.2, 0.25) is 0 Å². The van der Waals surface area contributed by atoms with Crippen LogP contribution in [0.25, 0.3) is 0 Å². The minimum atomic E-state index is -0.236. The number of rotatable bonds is 5. The molecule has 7 heteroatoms. The summed E-state index contributed by atoms with van der Waals surface area (Å²) in [5, 5.41) is 5.43. The molecule has 1 saturated heterocycles. The summed E-state index contributed by atoms with van der Waals surface area (Å²) in [6.07, 6.45) is 0. The molecule has 0 spiro atoms. The van der Waals surface area contributed by atoms with E-state index in [4.69, 9.17) is 0 Å². The first-order valence-electron chi connectivity index (χ1n) is 9.01. The molecular weight excluding hydrogens is 347 g/mol. The quantitative estimate of drug-likeness (QED) is 0.718. The lowest BCUT2D eigenvalue weighted by Crippen LogP contribution is -3.15. The highest BCUT2D eigenvalue weighted by Crippen LogP contribution is 2.14. The zero-order chi connectivity index (χ0) is 19.2. The molecule has 1 aliphatic heterocycles. The molecule has 6 nitrogen and oxygen atoms in total. The number of carbonyl (C=O) groups is 2. The average Bonchev–Trinajstić information content (AvgIpc) is 2.69. The number of nitrogens with one attached hydrogen (secondary N) is 3. The van der Waals surface area contributed by atoms with Crippen LogP contribution in [0, 0.1) is 5.82 Å². The Morgan fingerprint density at radius 2 is 1.81 bits per heavy atom. The molecular formula is C20H24FN4O2+. The number of quaternary nitrogens is 1. The Balaban J connectivity index is 1.49. The summed E-state index contributed by atoms with van der Waals surface area (Å²) in [6, 6.07) is 13.4. The zero-order valence-electron chi connectivity index (χ0n) is 15.3. The Hall–Kier alpha value is -2.93. The van der Waals surface area contributed by atoms with Crippen LogP contribution >= 0.6 is 0 Å². The molecule has 0 unspecified atom stereocenters. The monoisotopic (exact) mass is 371 g/mol. The molecule has 142 valence electrons. The van der Waals surface area contributed by atoms with Crippen LogP contribution in [-0.2, 0) is 4.79 Å². The second kappa shape index (κ2) is 8.64. The predicted octanol–water partition coefficient (Wildman–Crippen LogP) is 0.529. The molecule has 2 aromatic rings. The van der Waals surface area contributed by atoms with Gasteiger partial charge in [-0.15, -0.1) is 0 Å². The van der Waals surface area contributed by atoms with Gasteiger partial charge in [0.1, 0.15) is 5.82 Å². The molecule has 27 heavy (non-hydrogen) atoms. The van der Waals surface area contributed by atoms with E-state index in [0.29, 0.717) is 17.8 Å². The first-order valence-corrected chi connectivity index (χ1v) is 9.01. The highest BCUT2D eigenvalue weighted by Gasteiger charge is 2.22. The third-order valence-corrected chi connectivity index (χ3v) is 4.71. The van der Waals surface area contributed by atoms with Gasteiger partial charge < -0.3 is 20.4 Å². The summed E-state index contributed by atoms with van der Waals surface area (Å²) in [6.45, 7) is 3.69. The maximum Gasteiger partial charge on any atom is 0.279 e. The summed E-state index contributed by atoms with van der Waals surface area (Å²) in [4.78, 5) is 27.4. The fraction of sp³-hybridized carbons (Fsp3) is 0.300. The van der Waals surface area contributed by atoms with E-state index in [2.05, 4.69) is 15.5 Å². The number of nitrogens with zero attached hydrogens (tertiary/aromatic N) is 1. The molecule has 1 fully saturated rings. The van der Waals surface area contributed by atoms with Crippen molar-refractivity contribution in [2.45, 2.75) is 0 Å². The summed E-state index contributed by atoms with van der Waals surface area (Å²) in [7, 11) is 1.57. The SMILES string of the molecule is CNC(=O)c1cccc(NC(=O)C[NH+]2CCN(c3ccc(F)cc3)CC2)c1. The van der Waals surface area contributed by atoms with Crippen molar-refractivity contribution in [2.24, 2.45) is 0 Å². The fourth-order valence-electron chi connectivity index (χ4n) is 3.22. The number of amides is 2. The maximum atomic E-state index is 13.0. The number of piperazine rings is 1. The van der Waals surface area contributed by atoms with Crippen LogP contribution in [0.1, 0.15) is 10.4 Å². The van der Waals surface area contributed by atoms with E-state index in [0.717, 1.165) is 31.9 Å². The molecule has 0 aliphatic carbocycles. The number of hydrogen-bond donors (Lipinski definition) is 3. The molecule has 3 N–H and O–H groups in total. The first-order chi connectivity index (χ1) is 13.0. The van der Waals surface area contributed by atoms with Crippen molar-refractivity contribution in [1.29, 1.82) is 0 Å². The van der Waals surface area contributed by atoms with Gasteiger partial charge in [-0.25, -0.2) is 4.39 Å². The minimum absolute atomic E-state index is 0.0747. The number of hydrogen-bond acceptors (Lipinski definition) is 3. The van der Waals surface area contributed by atoms with Gasteiger partial charge in [-0.1, -0.05) is 6.07 Å². The van der Waals surface area contributed by atoms with E-state index < -0.39 is 0 Å². The molecule has 1 heterocycles. The van der Waals surface area contributed by atoms with E-state index in [9.17, 15) is 14.0 Å². The number of halogens is 1. The Morgan fingerprint density at radius 3 is 2.48 bits per heavy atom. The molecule has 0 aromatic heterocycles.